The highest BCUT2D eigenvalue weighted by molar-refractivity contribution is 6.64. The van der Waals surface area contributed by atoms with Crippen molar-refractivity contribution in [3.05, 3.63) is 11.8 Å². The maximum atomic E-state index is 12.4. The van der Waals surface area contributed by atoms with Gasteiger partial charge in [-0.05, 0) is 11.6 Å². The molecule has 0 aromatic carbocycles. The molecule has 1 atom stereocenters. The third-order valence-electron chi connectivity index (χ3n) is 1.60. The second kappa shape index (κ2) is 3.76. The third kappa shape index (κ3) is 2.37. The largest absolute Gasteiger partial charge is 0.417 e. The van der Waals surface area contributed by atoms with Gasteiger partial charge in [0.05, 0.1) is 5.57 Å². The molecule has 0 spiro atoms. The minimum atomic E-state index is -4.48. The Kier molecular flexibility index (Phi) is 3.03. The number of nitrogens with two attached hydrogens (primary N) is 1. The summed E-state index contributed by atoms with van der Waals surface area (Å²) in [6.07, 6.45) is -5.03. The van der Waals surface area contributed by atoms with Gasteiger partial charge in [0.25, 0.3) is 0 Å². The molecule has 0 aromatic rings. The zero-order chi connectivity index (χ0) is 10.9. The van der Waals surface area contributed by atoms with Gasteiger partial charge in [0.1, 0.15) is 6.17 Å². The van der Waals surface area contributed by atoms with E-state index < -0.39 is 17.9 Å². The molecule has 14 heavy (non-hydrogen) atoms. The van der Waals surface area contributed by atoms with Crippen molar-refractivity contribution in [2.24, 2.45) is 10.8 Å². The number of nitrogens with zero attached hydrogens (tertiary/aromatic N) is 2. The van der Waals surface area contributed by atoms with Gasteiger partial charge in [0.15, 0.2) is 5.29 Å². The molecule has 0 amide bonds. The molecule has 0 saturated carbocycles. The van der Waals surface area contributed by atoms with Crippen LogP contribution >= 0.6 is 11.6 Å². The lowest BCUT2D eigenvalue weighted by Crippen LogP contribution is -2.53. The Morgan fingerprint density at radius 2 is 2.21 bits per heavy atom. The lowest BCUT2D eigenvalue weighted by atomic mass is 10.2. The average molecular weight is 229 g/mol. The Labute approximate surface area is 83.2 Å². The predicted molar refractivity (Wildman–Crippen MR) is 46.3 cm³/mol. The molecule has 0 aliphatic carbocycles. The van der Waals surface area contributed by atoms with E-state index in [0.29, 0.717) is 6.20 Å². The molecule has 0 aromatic heterocycles. The van der Waals surface area contributed by atoms with Crippen LogP contribution in [0.5, 0.6) is 0 Å². The first kappa shape index (κ1) is 11.3. The zero-order valence-electron chi connectivity index (χ0n) is 7.14. The minimum absolute atomic E-state index is 0.125. The van der Waals surface area contributed by atoms with Crippen LogP contribution in [0.3, 0.4) is 0 Å². The van der Waals surface area contributed by atoms with Crippen LogP contribution in [0.1, 0.15) is 0 Å². The van der Waals surface area contributed by atoms with Gasteiger partial charge in [-0.15, -0.1) is 0 Å². The van der Waals surface area contributed by atoms with Crippen molar-refractivity contribution in [1.29, 1.82) is 0 Å². The topological polar surface area (TPSA) is 53.6 Å². The van der Waals surface area contributed by atoms with Crippen molar-refractivity contribution in [3.8, 4) is 0 Å². The second-order valence-electron chi connectivity index (χ2n) is 2.71. The van der Waals surface area contributed by atoms with E-state index >= 15 is 0 Å². The van der Waals surface area contributed by atoms with Crippen LogP contribution in [0.15, 0.2) is 16.8 Å². The van der Waals surface area contributed by atoms with E-state index in [2.05, 4.69) is 10.3 Å². The van der Waals surface area contributed by atoms with Gasteiger partial charge >= 0.3 is 6.18 Å². The summed E-state index contributed by atoms with van der Waals surface area (Å²) in [6, 6.07) is 0. The maximum Gasteiger partial charge on any atom is 0.417 e. The van der Waals surface area contributed by atoms with Crippen molar-refractivity contribution in [2.45, 2.75) is 12.3 Å². The Hall–Kier alpha value is -0.790. The fourth-order valence-corrected chi connectivity index (χ4v) is 1.13. The van der Waals surface area contributed by atoms with Crippen LogP contribution in [0.25, 0.3) is 0 Å². The molecule has 0 radical (unpaired) electrons. The van der Waals surface area contributed by atoms with E-state index in [1.165, 1.54) is 7.05 Å². The molecule has 1 aliphatic heterocycles. The van der Waals surface area contributed by atoms with Gasteiger partial charge in [-0.1, -0.05) is 0 Å². The summed E-state index contributed by atoms with van der Waals surface area (Å²) in [4.78, 5) is 3.32. The van der Waals surface area contributed by atoms with Gasteiger partial charge in [-0.3, -0.25) is 5.84 Å². The highest BCUT2D eigenvalue weighted by Crippen LogP contribution is 2.30. The van der Waals surface area contributed by atoms with Gasteiger partial charge in [-0.2, -0.15) is 13.2 Å². The number of rotatable bonds is 1. The summed E-state index contributed by atoms with van der Waals surface area (Å²) in [5.41, 5.74) is -0.882. The molecule has 1 heterocycles. The van der Waals surface area contributed by atoms with E-state index in [-0.39, 0.29) is 5.29 Å². The molecule has 1 unspecified atom stereocenters. The molecule has 1 aliphatic rings. The minimum Gasteiger partial charge on any atom is -0.340 e. The fraction of sp³-hybridized carbons (Fsp3) is 0.500. The summed E-state index contributed by atoms with van der Waals surface area (Å²) in [5, 5.41) is 3.05. The van der Waals surface area contributed by atoms with Gasteiger partial charge in [-0.25, -0.2) is 10.0 Å². The number of hydrogen-bond donors (Lipinski definition) is 2. The van der Waals surface area contributed by atoms with Crippen molar-refractivity contribution in [3.63, 3.8) is 0 Å². The smallest absolute Gasteiger partial charge is 0.340 e. The molecule has 8 heteroatoms. The molecule has 80 valence electrons. The number of halogens is 4. The number of aliphatic imine (C=N–C) groups is 1. The van der Waals surface area contributed by atoms with Crippen LogP contribution in [0.2, 0.25) is 0 Å². The zero-order valence-corrected chi connectivity index (χ0v) is 7.89. The van der Waals surface area contributed by atoms with Gasteiger partial charge < -0.3 is 5.32 Å². The summed E-state index contributed by atoms with van der Waals surface area (Å²) in [7, 11) is 1.30. The first-order valence-electron chi connectivity index (χ1n) is 3.57. The molecule has 4 nitrogen and oxygen atoms in total. The number of hydrogen-bond acceptors (Lipinski definition) is 4. The van der Waals surface area contributed by atoms with E-state index in [1.807, 2.05) is 0 Å². The Bertz CT molecular complexity index is 283. The number of amidine groups is 1. The van der Waals surface area contributed by atoms with Crippen LogP contribution in [0.4, 0.5) is 13.2 Å². The summed E-state index contributed by atoms with van der Waals surface area (Å²) < 4.78 is 37.1. The van der Waals surface area contributed by atoms with Crippen LogP contribution in [0, 0.1) is 0 Å². The summed E-state index contributed by atoms with van der Waals surface area (Å²) in [5.74, 6) is 5.23. The number of nitrogens with one attached hydrogen (secondary N) is 1. The Morgan fingerprint density at radius 1 is 1.64 bits per heavy atom. The Balaban J connectivity index is 2.99. The molecule has 3 N–H and O–H groups in total. The number of likely N-dealkylation sites (N-methyl/N-ethyl adjacent to an activating group) is 1. The van der Waals surface area contributed by atoms with E-state index in [1.54, 1.807) is 0 Å². The molecule has 0 bridgehead atoms. The first-order valence-corrected chi connectivity index (χ1v) is 3.95. The molecule has 1 rings (SSSR count). The van der Waals surface area contributed by atoms with E-state index in [0.717, 1.165) is 5.01 Å². The maximum absolute atomic E-state index is 12.4. The van der Waals surface area contributed by atoms with Gasteiger partial charge in [0.2, 0.25) is 0 Å². The Morgan fingerprint density at radius 3 is 2.64 bits per heavy atom. The monoisotopic (exact) mass is 228 g/mol. The van der Waals surface area contributed by atoms with Crippen LogP contribution in [-0.4, -0.2) is 29.7 Å². The first-order chi connectivity index (χ1) is 6.32. The standard InChI is InChI=1S/C6H8ClF3N4/c1-14(11)4-3(6(8,9)10)2-12-5(7)13-4/h2,4H,11H2,1H3,(H,12,13). The summed E-state index contributed by atoms with van der Waals surface area (Å²) >= 11 is 5.42. The van der Waals surface area contributed by atoms with Crippen molar-refractivity contribution >= 4 is 16.9 Å². The van der Waals surface area contributed by atoms with E-state index in [4.69, 9.17) is 17.4 Å². The van der Waals surface area contributed by atoms with E-state index in [9.17, 15) is 13.2 Å². The molecule has 0 saturated heterocycles. The number of hydrazine groups is 1. The summed E-state index contributed by atoms with van der Waals surface area (Å²) in [6.45, 7) is 0. The molecular formula is C6H8ClF3N4. The quantitative estimate of drug-likeness (QED) is 0.396. The van der Waals surface area contributed by atoms with Gasteiger partial charge in [0, 0.05) is 13.2 Å². The average Bonchev–Trinajstić information content (AvgIpc) is 2.01. The lowest BCUT2D eigenvalue weighted by Gasteiger charge is -2.30. The van der Waals surface area contributed by atoms with Crippen molar-refractivity contribution in [2.75, 3.05) is 7.05 Å². The predicted octanol–water partition coefficient (Wildman–Crippen LogP) is 0.762. The third-order valence-corrected chi connectivity index (χ3v) is 1.81. The fourth-order valence-electron chi connectivity index (χ4n) is 0.974. The highest BCUT2D eigenvalue weighted by atomic mass is 35.5. The van der Waals surface area contributed by atoms with Crippen LogP contribution < -0.4 is 11.2 Å². The lowest BCUT2D eigenvalue weighted by molar-refractivity contribution is -0.102. The van der Waals surface area contributed by atoms with Crippen LogP contribution in [-0.2, 0) is 0 Å². The van der Waals surface area contributed by atoms with Crippen molar-refractivity contribution < 1.29 is 13.2 Å². The molecular weight excluding hydrogens is 221 g/mol. The SMILES string of the molecule is CN(N)C1NC(Cl)=NC=C1C(F)(F)F. The van der Waals surface area contributed by atoms with Crippen molar-refractivity contribution in [1.82, 2.24) is 10.3 Å². The normalized spacial score (nSPS) is 22.9. The highest BCUT2D eigenvalue weighted by Gasteiger charge is 2.41. The number of alkyl halides is 3. The molecule has 0 fully saturated rings. The second-order valence-corrected chi connectivity index (χ2v) is 3.07.